The topological polar surface area (TPSA) is 76.6 Å². The number of nitrogens with zero attached hydrogens (tertiary/aromatic N) is 4. The van der Waals surface area contributed by atoms with E-state index in [2.05, 4.69) is 51.4 Å². The molecule has 2 N–H and O–H groups in total. The number of amidine groups is 1. The van der Waals surface area contributed by atoms with E-state index in [-0.39, 0.29) is 12.1 Å². The highest BCUT2D eigenvalue weighted by atomic mass is 16.2. The molecule has 2 aromatic carbocycles. The Morgan fingerprint density at radius 1 is 1.17 bits per heavy atom. The Hall–Kier alpha value is -3.19. The summed E-state index contributed by atoms with van der Waals surface area (Å²) in [6.45, 7) is 3.69. The summed E-state index contributed by atoms with van der Waals surface area (Å²) in [7, 11) is 4.10. The molecule has 0 saturated carbocycles. The minimum atomic E-state index is -0.275. The standard InChI is InChI=1S/C22H26N6O/c1-15-5-7-16(8-6-15)20-21(23-11-4-12-27(2)3)26-22(29)28(20)17-9-10-18-19(13-17)25-14-24-18/h5-10,13-14,20H,4,11-12H2,1-3H3,(H,24,25)(H,23,26,29). The molecule has 0 spiro atoms. The number of H-pyrrole nitrogens is 1. The second kappa shape index (κ2) is 8.05. The number of amides is 2. The Bertz CT molecular complexity index is 1040. The van der Waals surface area contributed by atoms with E-state index in [1.807, 2.05) is 32.3 Å². The SMILES string of the molecule is Cc1ccc(C2C(=NCCCN(C)C)NC(=O)N2c2ccc3nc[nH]c3c2)cc1. The largest absolute Gasteiger partial charge is 0.345 e. The van der Waals surface area contributed by atoms with E-state index < -0.39 is 0 Å². The number of aromatic nitrogens is 2. The molecule has 1 atom stereocenters. The molecule has 4 rings (SSSR count). The van der Waals surface area contributed by atoms with Crippen LogP contribution in [0.2, 0.25) is 0 Å². The summed E-state index contributed by atoms with van der Waals surface area (Å²) in [4.78, 5) is 29.0. The van der Waals surface area contributed by atoms with Crippen LogP contribution < -0.4 is 10.2 Å². The molecule has 29 heavy (non-hydrogen) atoms. The van der Waals surface area contributed by atoms with Gasteiger partial charge in [-0.25, -0.2) is 9.78 Å². The number of anilines is 1. The number of rotatable bonds is 6. The second-order valence-corrected chi connectivity index (χ2v) is 7.64. The number of benzene rings is 2. The molecule has 7 nitrogen and oxygen atoms in total. The van der Waals surface area contributed by atoms with Crippen LogP contribution in [-0.4, -0.2) is 53.9 Å². The lowest BCUT2D eigenvalue weighted by molar-refractivity contribution is 0.252. The lowest BCUT2D eigenvalue weighted by Gasteiger charge is -2.23. The zero-order valence-corrected chi connectivity index (χ0v) is 17.0. The van der Waals surface area contributed by atoms with Gasteiger partial charge in [-0.3, -0.25) is 15.2 Å². The first-order valence-corrected chi connectivity index (χ1v) is 9.82. The minimum absolute atomic E-state index is 0.166. The Morgan fingerprint density at radius 2 is 1.97 bits per heavy atom. The maximum Gasteiger partial charge on any atom is 0.328 e. The van der Waals surface area contributed by atoms with Gasteiger partial charge in [0.15, 0.2) is 0 Å². The molecule has 2 heterocycles. The van der Waals surface area contributed by atoms with Crippen molar-refractivity contribution in [2.45, 2.75) is 19.4 Å². The van der Waals surface area contributed by atoms with Crippen LogP contribution in [0.1, 0.15) is 23.6 Å². The van der Waals surface area contributed by atoms with Crippen LogP contribution in [0.5, 0.6) is 0 Å². The number of carbonyl (C=O) groups excluding carboxylic acids is 1. The van der Waals surface area contributed by atoms with Crippen LogP contribution in [-0.2, 0) is 0 Å². The van der Waals surface area contributed by atoms with Crippen molar-refractivity contribution in [1.29, 1.82) is 0 Å². The average molecular weight is 390 g/mol. The van der Waals surface area contributed by atoms with E-state index >= 15 is 0 Å². The van der Waals surface area contributed by atoms with Crippen LogP contribution in [0, 0.1) is 6.92 Å². The molecule has 0 aliphatic carbocycles. The number of aryl methyl sites for hydroxylation is 1. The quantitative estimate of drug-likeness (QED) is 0.633. The first-order chi connectivity index (χ1) is 14.0. The number of imidazole rings is 1. The molecule has 1 fully saturated rings. The van der Waals surface area contributed by atoms with Gasteiger partial charge in [0, 0.05) is 12.2 Å². The van der Waals surface area contributed by atoms with Gasteiger partial charge >= 0.3 is 6.03 Å². The fourth-order valence-corrected chi connectivity index (χ4v) is 3.59. The van der Waals surface area contributed by atoms with Crippen LogP contribution in [0.3, 0.4) is 0 Å². The highest BCUT2D eigenvalue weighted by Crippen LogP contribution is 2.33. The number of aromatic amines is 1. The van der Waals surface area contributed by atoms with Gasteiger partial charge in [0.05, 0.1) is 17.4 Å². The summed E-state index contributed by atoms with van der Waals surface area (Å²) in [5.74, 6) is 0.697. The summed E-state index contributed by atoms with van der Waals surface area (Å²) in [6.07, 6.45) is 2.60. The maximum absolute atomic E-state index is 13.0. The first-order valence-electron chi connectivity index (χ1n) is 9.82. The van der Waals surface area contributed by atoms with Gasteiger partial charge in [-0.1, -0.05) is 29.8 Å². The predicted octanol–water partition coefficient (Wildman–Crippen LogP) is 3.49. The van der Waals surface area contributed by atoms with E-state index in [1.165, 1.54) is 5.56 Å². The molecule has 3 aromatic rings. The fourth-order valence-electron chi connectivity index (χ4n) is 3.59. The zero-order chi connectivity index (χ0) is 20.4. The monoisotopic (exact) mass is 390 g/mol. The lowest BCUT2D eigenvalue weighted by Crippen LogP contribution is -2.29. The van der Waals surface area contributed by atoms with Gasteiger partial charge in [-0.05, 0) is 57.7 Å². The third kappa shape index (κ3) is 4.00. The number of fused-ring (bicyclic) bond motifs is 1. The highest BCUT2D eigenvalue weighted by molar-refractivity contribution is 6.16. The molecule has 1 aromatic heterocycles. The summed E-state index contributed by atoms with van der Waals surface area (Å²) in [5, 5.41) is 2.99. The number of hydrogen-bond donors (Lipinski definition) is 2. The molecule has 1 unspecified atom stereocenters. The number of nitrogens with one attached hydrogen (secondary N) is 2. The predicted molar refractivity (Wildman–Crippen MR) is 116 cm³/mol. The first kappa shape index (κ1) is 19.1. The molecule has 150 valence electrons. The molecular weight excluding hydrogens is 364 g/mol. The number of hydrogen-bond acceptors (Lipinski definition) is 4. The Kier molecular flexibility index (Phi) is 5.31. The molecule has 2 amide bonds. The third-order valence-corrected chi connectivity index (χ3v) is 5.09. The van der Waals surface area contributed by atoms with Gasteiger partial charge in [0.2, 0.25) is 0 Å². The molecule has 1 aliphatic rings. The van der Waals surface area contributed by atoms with Crippen molar-refractivity contribution in [3.63, 3.8) is 0 Å². The third-order valence-electron chi connectivity index (χ3n) is 5.09. The van der Waals surface area contributed by atoms with Crippen molar-refractivity contribution in [3.05, 3.63) is 59.9 Å². The van der Waals surface area contributed by atoms with Gasteiger partial charge in [-0.15, -0.1) is 0 Å². The van der Waals surface area contributed by atoms with E-state index in [4.69, 9.17) is 4.99 Å². The summed E-state index contributed by atoms with van der Waals surface area (Å²) < 4.78 is 0. The van der Waals surface area contributed by atoms with Gasteiger partial charge in [-0.2, -0.15) is 0 Å². The Balaban J connectivity index is 1.70. The minimum Gasteiger partial charge on any atom is -0.345 e. The van der Waals surface area contributed by atoms with Crippen molar-refractivity contribution in [2.24, 2.45) is 4.99 Å². The summed E-state index contributed by atoms with van der Waals surface area (Å²) >= 11 is 0. The smallest absolute Gasteiger partial charge is 0.328 e. The summed E-state index contributed by atoms with van der Waals surface area (Å²) in [6, 6.07) is 13.6. The lowest BCUT2D eigenvalue weighted by atomic mass is 10.0. The normalized spacial score (nSPS) is 18.2. The second-order valence-electron chi connectivity index (χ2n) is 7.64. The fraction of sp³-hybridized carbons (Fsp3) is 0.318. The van der Waals surface area contributed by atoms with E-state index in [9.17, 15) is 4.79 Å². The number of carbonyl (C=O) groups is 1. The Morgan fingerprint density at radius 3 is 2.72 bits per heavy atom. The molecule has 1 saturated heterocycles. The van der Waals surface area contributed by atoms with Gasteiger partial charge < -0.3 is 9.88 Å². The number of urea groups is 1. The Labute approximate surface area is 170 Å². The van der Waals surface area contributed by atoms with E-state index in [0.717, 1.165) is 35.2 Å². The molecule has 7 heteroatoms. The van der Waals surface area contributed by atoms with Crippen molar-refractivity contribution < 1.29 is 4.79 Å². The molecule has 1 aliphatic heterocycles. The van der Waals surface area contributed by atoms with Gasteiger partial charge in [0.1, 0.15) is 11.9 Å². The maximum atomic E-state index is 13.0. The van der Waals surface area contributed by atoms with Crippen LogP contribution in [0.4, 0.5) is 10.5 Å². The molecule has 0 radical (unpaired) electrons. The van der Waals surface area contributed by atoms with Crippen molar-refractivity contribution >= 4 is 28.6 Å². The van der Waals surface area contributed by atoms with Crippen LogP contribution in [0.15, 0.2) is 53.8 Å². The van der Waals surface area contributed by atoms with Gasteiger partial charge in [0.25, 0.3) is 0 Å². The van der Waals surface area contributed by atoms with Crippen molar-refractivity contribution in [1.82, 2.24) is 20.2 Å². The average Bonchev–Trinajstić information content (AvgIpc) is 3.29. The zero-order valence-electron chi connectivity index (χ0n) is 17.0. The number of aliphatic imine (C=N–C) groups is 1. The van der Waals surface area contributed by atoms with Crippen molar-refractivity contribution in [3.8, 4) is 0 Å². The van der Waals surface area contributed by atoms with Crippen LogP contribution >= 0.6 is 0 Å². The molecule has 0 bridgehead atoms. The summed E-state index contributed by atoms with van der Waals surface area (Å²) in [5.41, 5.74) is 4.79. The molecular formula is C22H26N6O. The highest BCUT2D eigenvalue weighted by Gasteiger charge is 2.38. The van der Waals surface area contributed by atoms with E-state index in [1.54, 1.807) is 11.2 Å². The van der Waals surface area contributed by atoms with E-state index in [0.29, 0.717) is 12.4 Å². The van der Waals surface area contributed by atoms with Crippen LogP contribution in [0.25, 0.3) is 11.0 Å². The van der Waals surface area contributed by atoms with Crippen molar-refractivity contribution in [2.75, 3.05) is 32.1 Å².